The average molecular weight is 447 g/mol. The maximum absolute atomic E-state index is 12.7. The smallest absolute Gasteiger partial charge is 0.353 e. The van der Waals surface area contributed by atoms with Gasteiger partial charge in [-0.05, 0) is 42.8 Å². The summed E-state index contributed by atoms with van der Waals surface area (Å²) in [7, 11) is 0. The number of carbonyl (C=O) groups is 3. The zero-order chi connectivity index (χ0) is 23.0. The third-order valence-corrected chi connectivity index (χ3v) is 5.47. The second-order valence-corrected chi connectivity index (χ2v) is 7.75. The molecule has 1 atom stereocenters. The van der Waals surface area contributed by atoms with E-state index in [1.54, 1.807) is 30.0 Å². The van der Waals surface area contributed by atoms with Crippen LogP contribution in [0.2, 0.25) is 0 Å². The minimum absolute atomic E-state index is 0.131. The number of rotatable bonds is 2. The number of halogens is 3. The van der Waals surface area contributed by atoms with Crippen LogP contribution in [0.25, 0.3) is 0 Å². The Morgan fingerprint density at radius 1 is 1.19 bits per heavy atom. The van der Waals surface area contributed by atoms with Crippen molar-refractivity contribution in [3.8, 4) is 0 Å². The Bertz CT molecular complexity index is 1070. The fourth-order valence-corrected chi connectivity index (χ4v) is 3.83. The molecule has 0 bridgehead atoms. The number of anilines is 3. The van der Waals surface area contributed by atoms with Crippen molar-refractivity contribution in [2.45, 2.75) is 25.6 Å². The summed E-state index contributed by atoms with van der Waals surface area (Å²) >= 11 is 0. The lowest BCUT2D eigenvalue weighted by Crippen LogP contribution is -2.56. The number of amides is 3. The van der Waals surface area contributed by atoms with Crippen LogP contribution in [0.3, 0.4) is 0 Å². The van der Waals surface area contributed by atoms with E-state index in [1.807, 2.05) is 0 Å². The summed E-state index contributed by atoms with van der Waals surface area (Å²) in [6, 6.07) is 6.83. The molecule has 3 amide bonds. The quantitative estimate of drug-likeness (QED) is 0.689. The number of aromatic nitrogens is 1. The number of pyridine rings is 1. The summed E-state index contributed by atoms with van der Waals surface area (Å²) in [6.07, 6.45) is -3.46. The van der Waals surface area contributed by atoms with Crippen LogP contribution in [0.4, 0.5) is 30.4 Å². The first-order valence-corrected chi connectivity index (χ1v) is 9.95. The number of fused-ring (bicyclic) bond motifs is 1. The summed E-state index contributed by atoms with van der Waals surface area (Å²) in [6.45, 7) is 2.63. The number of carbonyl (C=O) groups excluding carboxylic acids is 3. The normalized spacial score (nSPS) is 18.2. The molecule has 2 aromatic rings. The largest absolute Gasteiger partial charge is 0.417 e. The van der Waals surface area contributed by atoms with E-state index >= 15 is 0 Å². The summed E-state index contributed by atoms with van der Waals surface area (Å²) in [5.41, 5.74) is 1.01. The van der Waals surface area contributed by atoms with Crippen LogP contribution in [0.15, 0.2) is 36.5 Å². The topological polar surface area (TPSA) is 94.6 Å². The van der Waals surface area contributed by atoms with Gasteiger partial charge in [-0.25, -0.2) is 4.98 Å². The second-order valence-electron chi connectivity index (χ2n) is 7.75. The van der Waals surface area contributed by atoms with Crippen molar-refractivity contribution < 1.29 is 27.6 Å². The highest BCUT2D eigenvalue weighted by atomic mass is 19.4. The van der Waals surface area contributed by atoms with E-state index in [1.165, 1.54) is 11.0 Å². The second kappa shape index (κ2) is 8.13. The van der Waals surface area contributed by atoms with Gasteiger partial charge in [0, 0.05) is 43.2 Å². The fourth-order valence-electron chi connectivity index (χ4n) is 3.83. The van der Waals surface area contributed by atoms with Crippen LogP contribution in [-0.2, 0) is 27.0 Å². The maximum Gasteiger partial charge on any atom is 0.417 e. The van der Waals surface area contributed by atoms with Gasteiger partial charge in [0.15, 0.2) is 0 Å². The van der Waals surface area contributed by atoms with Gasteiger partial charge in [0.2, 0.25) is 5.91 Å². The molecule has 1 saturated heterocycles. The van der Waals surface area contributed by atoms with E-state index < -0.39 is 23.6 Å². The first kappa shape index (κ1) is 21.6. The third kappa shape index (κ3) is 4.36. The fraction of sp³-hybridized carbons (Fsp3) is 0.333. The minimum Gasteiger partial charge on any atom is -0.353 e. The average Bonchev–Trinajstić information content (AvgIpc) is 3.12. The van der Waals surface area contributed by atoms with Crippen LogP contribution in [-0.4, -0.2) is 53.3 Å². The zero-order valence-electron chi connectivity index (χ0n) is 17.1. The van der Waals surface area contributed by atoms with Gasteiger partial charge in [0.05, 0.1) is 12.0 Å². The molecule has 0 saturated carbocycles. The van der Waals surface area contributed by atoms with E-state index in [0.29, 0.717) is 30.3 Å². The molecule has 1 fully saturated rings. The molecule has 2 aliphatic rings. The van der Waals surface area contributed by atoms with Crippen LogP contribution in [0.5, 0.6) is 0 Å². The Morgan fingerprint density at radius 2 is 1.97 bits per heavy atom. The highest BCUT2D eigenvalue weighted by molar-refractivity contribution is 6.39. The van der Waals surface area contributed by atoms with Crippen LogP contribution in [0, 0.1) is 0 Å². The number of piperazine rings is 1. The van der Waals surface area contributed by atoms with E-state index in [4.69, 9.17) is 0 Å². The van der Waals surface area contributed by atoms with Crippen molar-refractivity contribution in [3.63, 3.8) is 0 Å². The lowest BCUT2D eigenvalue weighted by Gasteiger charge is -2.40. The monoisotopic (exact) mass is 447 g/mol. The Labute approximate surface area is 181 Å². The van der Waals surface area contributed by atoms with Gasteiger partial charge in [-0.2, -0.15) is 13.2 Å². The molecular weight excluding hydrogens is 427 g/mol. The molecule has 0 spiro atoms. The van der Waals surface area contributed by atoms with E-state index in [2.05, 4.69) is 15.6 Å². The summed E-state index contributed by atoms with van der Waals surface area (Å²) in [5, 5.41) is 5.26. The zero-order valence-corrected chi connectivity index (χ0v) is 17.1. The molecule has 4 rings (SSSR count). The third-order valence-electron chi connectivity index (χ3n) is 5.47. The molecule has 8 nitrogen and oxygen atoms in total. The first-order valence-electron chi connectivity index (χ1n) is 9.95. The first-order chi connectivity index (χ1) is 15.1. The van der Waals surface area contributed by atoms with Crippen molar-refractivity contribution in [2.24, 2.45) is 0 Å². The van der Waals surface area contributed by atoms with Crippen LogP contribution >= 0.6 is 0 Å². The highest BCUT2D eigenvalue weighted by Gasteiger charge is 2.33. The molecular formula is C21H20F3N5O3. The van der Waals surface area contributed by atoms with Gasteiger partial charge < -0.3 is 20.4 Å². The van der Waals surface area contributed by atoms with Gasteiger partial charge in [-0.1, -0.05) is 0 Å². The van der Waals surface area contributed by atoms with E-state index in [-0.39, 0.29) is 24.9 Å². The predicted octanol–water partition coefficient (Wildman–Crippen LogP) is 2.27. The summed E-state index contributed by atoms with van der Waals surface area (Å²) in [4.78, 5) is 43.7. The lowest BCUT2D eigenvalue weighted by molar-refractivity contribution is -0.144. The Hall–Kier alpha value is -3.63. The Kier molecular flexibility index (Phi) is 5.49. The molecule has 2 aliphatic heterocycles. The molecule has 0 aliphatic carbocycles. The number of hydrogen-bond donors (Lipinski definition) is 2. The highest BCUT2D eigenvalue weighted by Crippen LogP contribution is 2.30. The van der Waals surface area contributed by atoms with Gasteiger partial charge in [-0.3, -0.25) is 14.4 Å². The van der Waals surface area contributed by atoms with E-state index in [0.717, 1.165) is 17.8 Å². The van der Waals surface area contributed by atoms with Crippen molar-refractivity contribution >= 4 is 34.9 Å². The van der Waals surface area contributed by atoms with Crippen LogP contribution in [0.1, 0.15) is 18.1 Å². The molecule has 32 heavy (non-hydrogen) atoms. The predicted molar refractivity (Wildman–Crippen MR) is 110 cm³/mol. The number of hydrogen-bond acceptors (Lipinski definition) is 5. The molecule has 168 valence electrons. The number of nitrogens with one attached hydrogen (secondary N) is 2. The van der Waals surface area contributed by atoms with Crippen molar-refractivity contribution in [2.75, 3.05) is 35.2 Å². The maximum atomic E-state index is 12.7. The molecule has 11 heteroatoms. The van der Waals surface area contributed by atoms with Crippen molar-refractivity contribution in [1.82, 2.24) is 9.88 Å². The van der Waals surface area contributed by atoms with Crippen molar-refractivity contribution in [1.29, 1.82) is 0 Å². The van der Waals surface area contributed by atoms with Gasteiger partial charge >= 0.3 is 18.0 Å². The van der Waals surface area contributed by atoms with Gasteiger partial charge in [0.1, 0.15) is 5.82 Å². The Balaban J connectivity index is 1.37. The SMILES string of the molecule is C[C@@H]1CN(c2ccc(C(F)(F)F)cn2)CCN1C(=O)C(=O)Nc1ccc2c(c1)CC(=O)N2. The molecule has 0 radical (unpaired) electrons. The summed E-state index contributed by atoms with van der Waals surface area (Å²) < 4.78 is 38.2. The minimum atomic E-state index is -4.46. The molecule has 1 aromatic carbocycles. The van der Waals surface area contributed by atoms with Crippen LogP contribution < -0.4 is 15.5 Å². The van der Waals surface area contributed by atoms with Crippen molar-refractivity contribution in [3.05, 3.63) is 47.7 Å². The summed E-state index contributed by atoms with van der Waals surface area (Å²) in [5.74, 6) is -1.25. The van der Waals surface area contributed by atoms with Gasteiger partial charge in [-0.15, -0.1) is 0 Å². The number of alkyl halides is 3. The molecule has 2 N–H and O–H groups in total. The molecule has 3 heterocycles. The lowest BCUT2D eigenvalue weighted by atomic mass is 10.1. The van der Waals surface area contributed by atoms with E-state index in [9.17, 15) is 27.6 Å². The molecule has 1 aromatic heterocycles. The molecule has 0 unspecified atom stereocenters. The number of benzene rings is 1. The van der Waals surface area contributed by atoms with Gasteiger partial charge in [0.25, 0.3) is 0 Å². The number of nitrogens with zero attached hydrogens (tertiary/aromatic N) is 3. The standard InChI is InChI=1S/C21H20F3N5O3/c1-12-11-28(17-5-2-14(10-25-17)21(22,23)24)6-7-29(12)20(32)19(31)26-15-3-4-16-13(8-15)9-18(30)27-16/h2-5,8,10,12H,6-7,9,11H2,1H3,(H,26,31)(H,27,30)/t12-/m1/s1. The Morgan fingerprint density at radius 3 is 2.62 bits per heavy atom.